The van der Waals surface area contributed by atoms with E-state index < -0.39 is 6.10 Å². The van der Waals surface area contributed by atoms with Crippen LogP contribution in [-0.2, 0) is 20.8 Å². The number of amides is 3. The number of fused-ring (bicyclic) bond motifs is 1. The summed E-state index contributed by atoms with van der Waals surface area (Å²) >= 11 is 0. The summed E-state index contributed by atoms with van der Waals surface area (Å²) in [5.41, 5.74) is 2.32. The molecule has 1 aliphatic rings. The van der Waals surface area contributed by atoms with Gasteiger partial charge in [-0.2, -0.15) is 0 Å². The van der Waals surface area contributed by atoms with Crippen LogP contribution in [-0.4, -0.2) is 48.9 Å². The van der Waals surface area contributed by atoms with E-state index >= 15 is 0 Å². The smallest absolute Gasteiger partial charge is 0.268 e. The number of carbonyl (C=O) groups is 3. The Morgan fingerprint density at radius 3 is 2.59 bits per heavy atom. The highest BCUT2D eigenvalue weighted by Crippen LogP contribution is 2.33. The summed E-state index contributed by atoms with van der Waals surface area (Å²) < 4.78 is 5.59. The number of hydrogen-bond donors (Lipinski definition) is 1. The molecule has 1 atom stereocenters. The van der Waals surface area contributed by atoms with Crippen LogP contribution in [0, 0.1) is 0 Å². The van der Waals surface area contributed by atoms with Gasteiger partial charge in [-0.05, 0) is 37.1 Å². The van der Waals surface area contributed by atoms with Crippen molar-refractivity contribution in [1.82, 2.24) is 4.90 Å². The fourth-order valence-electron chi connectivity index (χ4n) is 3.22. The van der Waals surface area contributed by atoms with Gasteiger partial charge in [-0.1, -0.05) is 37.3 Å². The lowest BCUT2D eigenvalue weighted by molar-refractivity contribution is -0.134. The van der Waals surface area contributed by atoms with Crippen LogP contribution in [0.15, 0.2) is 48.5 Å². The van der Waals surface area contributed by atoms with E-state index in [-0.39, 0.29) is 30.8 Å². The van der Waals surface area contributed by atoms with Gasteiger partial charge in [0.25, 0.3) is 5.91 Å². The van der Waals surface area contributed by atoms with Crippen molar-refractivity contribution >= 4 is 29.1 Å². The number of ether oxygens (including phenoxy) is 1. The van der Waals surface area contributed by atoms with Gasteiger partial charge in [0.2, 0.25) is 11.8 Å². The Morgan fingerprint density at radius 2 is 1.83 bits per heavy atom. The fourth-order valence-corrected chi connectivity index (χ4v) is 3.22. The Morgan fingerprint density at radius 1 is 1.14 bits per heavy atom. The summed E-state index contributed by atoms with van der Waals surface area (Å²) in [6, 6.07) is 14.7. The molecule has 0 fully saturated rings. The molecular formula is C22H25N3O4. The van der Waals surface area contributed by atoms with Crippen LogP contribution in [0.2, 0.25) is 0 Å². The largest absolute Gasteiger partial charge is 0.479 e. The van der Waals surface area contributed by atoms with Crippen LogP contribution in [0.3, 0.4) is 0 Å². The average molecular weight is 395 g/mol. The van der Waals surface area contributed by atoms with Crippen molar-refractivity contribution in [3.63, 3.8) is 0 Å². The summed E-state index contributed by atoms with van der Waals surface area (Å²) in [5.74, 6) is -0.347. The first kappa shape index (κ1) is 20.4. The molecule has 1 N–H and O–H groups in total. The number of para-hydroxylation sites is 3. The van der Waals surface area contributed by atoms with Crippen LogP contribution < -0.4 is 15.0 Å². The van der Waals surface area contributed by atoms with Crippen molar-refractivity contribution in [3.8, 4) is 5.75 Å². The van der Waals surface area contributed by atoms with Crippen LogP contribution in [0.4, 0.5) is 11.4 Å². The summed E-state index contributed by atoms with van der Waals surface area (Å²) in [6.45, 7) is 3.41. The zero-order valence-electron chi connectivity index (χ0n) is 16.8. The van der Waals surface area contributed by atoms with E-state index in [0.29, 0.717) is 11.4 Å². The summed E-state index contributed by atoms with van der Waals surface area (Å²) in [4.78, 5) is 40.4. The maximum atomic E-state index is 12.7. The molecule has 0 aromatic heterocycles. The zero-order chi connectivity index (χ0) is 21.0. The summed E-state index contributed by atoms with van der Waals surface area (Å²) in [5, 5.41) is 2.85. The monoisotopic (exact) mass is 395 g/mol. The van der Waals surface area contributed by atoms with Gasteiger partial charge in [-0.3, -0.25) is 19.3 Å². The zero-order valence-corrected chi connectivity index (χ0v) is 16.8. The van der Waals surface area contributed by atoms with Crippen molar-refractivity contribution in [1.29, 1.82) is 0 Å². The van der Waals surface area contributed by atoms with Crippen LogP contribution in [0.5, 0.6) is 5.75 Å². The molecule has 7 nitrogen and oxygen atoms in total. The highest BCUT2D eigenvalue weighted by atomic mass is 16.5. The Kier molecular flexibility index (Phi) is 6.16. The molecular weight excluding hydrogens is 370 g/mol. The minimum Gasteiger partial charge on any atom is -0.479 e. The number of likely N-dealkylation sites (N-methyl/N-ethyl adjacent to an activating group) is 1. The molecule has 0 saturated heterocycles. The van der Waals surface area contributed by atoms with Crippen molar-refractivity contribution in [2.75, 3.05) is 30.4 Å². The van der Waals surface area contributed by atoms with Gasteiger partial charge in [-0.15, -0.1) is 0 Å². The summed E-state index contributed by atoms with van der Waals surface area (Å²) in [6.07, 6.45) is 0.124. The number of hydrogen-bond acceptors (Lipinski definition) is 4. The number of benzene rings is 2. The maximum absolute atomic E-state index is 12.7. The van der Waals surface area contributed by atoms with E-state index in [1.807, 2.05) is 37.3 Å². The first-order valence-corrected chi connectivity index (χ1v) is 9.59. The molecule has 7 heteroatoms. The molecule has 0 bridgehead atoms. The van der Waals surface area contributed by atoms with Crippen molar-refractivity contribution in [2.24, 2.45) is 0 Å². The standard InChI is InChI=1S/C22H25N3O4/c1-4-16-9-5-6-10-17(16)23-20(26)13-24(3)21(27)14-25-18-11-7-8-12-19(18)29-15(2)22(25)28/h5-12,15H,4,13-14H2,1-3H3,(H,23,26)/t15-/m0/s1. The van der Waals surface area contributed by atoms with E-state index in [0.717, 1.165) is 17.7 Å². The van der Waals surface area contributed by atoms with Crippen molar-refractivity contribution in [3.05, 3.63) is 54.1 Å². The number of nitrogens with zero attached hydrogens (tertiary/aromatic N) is 2. The van der Waals surface area contributed by atoms with E-state index in [4.69, 9.17) is 4.74 Å². The van der Waals surface area contributed by atoms with E-state index in [2.05, 4.69) is 5.32 Å². The molecule has 2 aromatic rings. The van der Waals surface area contributed by atoms with Crippen LogP contribution >= 0.6 is 0 Å². The number of rotatable bonds is 6. The Labute approximate surface area is 170 Å². The predicted molar refractivity (Wildman–Crippen MR) is 111 cm³/mol. The van der Waals surface area contributed by atoms with E-state index in [1.165, 1.54) is 9.80 Å². The van der Waals surface area contributed by atoms with Crippen molar-refractivity contribution in [2.45, 2.75) is 26.4 Å². The number of aryl methyl sites for hydroxylation is 1. The average Bonchev–Trinajstić information content (AvgIpc) is 2.71. The molecule has 1 heterocycles. The molecule has 0 unspecified atom stereocenters. The van der Waals surface area contributed by atoms with Gasteiger partial charge in [0.15, 0.2) is 6.10 Å². The first-order valence-electron chi connectivity index (χ1n) is 9.59. The fraction of sp³-hybridized carbons (Fsp3) is 0.318. The molecule has 2 aromatic carbocycles. The number of anilines is 2. The molecule has 0 radical (unpaired) electrons. The topological polar surface area (TPSA) is 79.0 Å². The normalized spacial score (nSPS) is 15.3. The van der Waals surface area contributed by atoms with Crippen molar-refractivity contribution < 1.29 is 19.1 Å². The highest BCUT2D eigenvalue weighted by Gasteiger charge is 2.33. The van der Waals surface area contributed by atoms with E-state index in [1.54, 1.807) is 32.2 Å². The predicted octanol–water partition coefficient (Wildman–Crippen LogP) is 2.46. The lowest BCUT2D eigenvalue weighted by atomic mass is 10.1. The first-order chi connectivity index (χ1) is 13.9. The third-order valence-electron chi connectivity index (χ3n) is 4.85. The second-order valence-corrected chi connectivity index (χ2v) is 6.96. The van der Waals surface area contributed by atoms with Gasteiger partial charge >= 0.3 is 0 Å². The second kappa shape index (κ2) is 8.77. The molecule has 29 heavy (non-hydrogen) atoms. The quantitative estimate of drug-likeness (QED) is 0.815. The van der Waals surface area contributed by atoms with Crippen LogP contribution in [0.25, 0.3) is 0 Å². The molecule has 3 amide bonds. The number of nitrogens with one attached hydrogen (secondary N) is 1. The molecule has 3 rings (SSSR count). The number of carbonyl (C=O) groups excluding carboxylic acids is 3. The molecule has 152 valence electrons. The minimum atomic E-state index is -0.670. The van der Waals surface area contributed by atoms with Gasteiger partial charge in [0.05, 0.1) is 12.2 Å². The van der Waals surface area contributed by atoms with E-state index in [9.17, 15) is 14.4 Å². The summed E-state index contributed by atoms with van der Waals surface area (Å²) in [7, 11) is 1.55. The molecule has 0 spiro atoms. The minimum absolute atomic E-state index is 0.105. The lowest BCUT2D eigenvalue weighted by Gasteiger charge is -2.33. The third-order valence-corrected chi connectivity index (χ3v) is 4.85. The highest BCUT2D eigenvalue weighted by molar-refractivity contribution is 6.04. The Balaban J connectivity index is 1.65. The molecule has 0 saturated carbocycles. The van der Waals surface area contributed by atoms with Gasteiger partial charge < -0.3 is 15.0 Å². The third kappa shape index (κ3) is 4.56. The maximum Gasteiger partial charge on any atom is 0.268 e. The Bertz CT molecular complexity index is 928. The van der Waals surface area contributed by atoms with Gasteiger partial charge in [-0.25, -0.2) is 0 Å². The SMILES string of the molecule is CCc1ccccc1NC(=O)CN(C)C(=O)CN1C(=O)[C@H](C)Oc2ccccc21. The van der Waals surface area contributed by atoms with Gasteiger partial charge in [0, 0.05) is 12.7 Å². The second-order valence-electron chi connectivity index (χ2n) is 6.96. The Hall–Kier alpha value is -3.35. The van der Waals surface area contributed by atoms with Gasteiger partial charge in [0.1, 0.15) is 12.3 Å². The molecule has 1 aliphatic heterocycles. The van der Waals surface area contributed by atoms with Crippen LogP contribution in [0.1, 0.15) is 19.4 Å². The lowest BCUT2D eigenvalue weighted by Crippen LogP contribution is -2.49. The molecule has 0 aliphatic carbocycles.